The average molecular weight is 293 g/mol. The van der Waals surface area contributed by atoms with Gasteiger partial charge >= 0.3 is 5.97 Å². The maximum absolute atomic E-state index is 11.9. The van der Waals surface area contributed by atoms with E-state index in [9.17, 15) is 9.59 Å². The number of hydrogen-bond acceptors (Lipinski definition) is 3. The first-order valence-electron chi connectivity index (χ1n) is 7.04. The van der Waals surface area contributed by atoms with Gasteiger partial charge in [0, 0.05) is 18.2 Å². The summed E-state index contributed by atoms with van der Waals surface area (Å²) in [6, 6.07) is 7.09. The summed E-state index contributed by atoms with van der Waals surface area (Å²) in [6.45, 7) is 7.06. The Kier molecular flexibility index (Phi) is 5.76. The minimum atomic E-state index is -1.09. The van der Waals surface area contributed by atoms with Crippen molar-refractivity contribution < 1.29 is 19.4 Å². The molecule has 0 saturated carbocycles. The summed E-state index contributed by atoms with van der Waals surface area (Å²) in [7, 11) is 0. The smallest absolute Gasteiger partial charge is 0.309 e. The topological polar surface area (TPSA) is 75.6 Å². The highest BCUT2D eigenvalue weighted by atomic mass is 16.5. The molecule has 2 N–H and O–H groups in total. The molecule has 0 fully saturated rings. The highest BCUT2D eigenvalue weighted by Gasteiger charge is 2.30. The van der Waals surface area contributed by atoms with Crippen molar-refractivity contribution in [3.8, 4) is 5.75 Å². The highest BCUT2D eigenvalue weighted by molar-refractivity contribution is 5.94. The minimum Gasteiger partial charge on any atom is -0.491 e. The molecule has 0 aromatic heterocycles. The van der Waals surface area contributed by atoms with Crippen LogP contribution in [0.25, 0.3) is 0 Å². The van der Waals surface area contributed by atoms with Gasteiger partial charge < -0.3 is 15.2 Å². The lowest BCUT2D eigenvalue weighted by Gasteiger charge is -2.18. The van der Waals surface area contributed by atoms with Gasteiger partial charge in [-0.15, -0.1) is 0 Å². The molecule has 0 aliphatic carbocycles. The fourth-order valence-electron chi connectivity index (χ4n) is 1.64. The molecule has 0 spiro atoms. The summed E-state index contributed by atoms with van der Waals surface area (Å²) in [4.78, 5) is 22.9. The molecule has 1 aromatic rings. The molecule has 0 aliphatic rings. The Labute approximate surface area is 125 Å². The molecule has 1 rings (SSSR count). The Morgan fingerprint density at radius 1 is 1.38 bits per heavy atom. The first-order valence-corrected chi connectivity index (χ1v) is 7.04. The molecular weight excluding hydrogens is 270 g/mol. The average Bonchev–Trinajstić information content (AvgIpc) is 2.37. The van der Waals surface area contributed by atoms with Crippen LogP contribution in [0.5, 0.6) is 5.75 Å². The normalized spacial score (nSPS) is 12.6. The predicted molar refractivity (Wildman–Crippen MR) is 81.5 cm³/mol. The lowest BCUT2D eigenvalue weighted by atomic mass is 9.89. The van der Waals surface area contributed by atoms with Crippen LogP contribution in [0.15, 0.2) is 24.3 Å². The lowest BCUT2D eigenvalue weighted by Crippen LogP contribution is -2.29. The first kappa shape index (κ1) is 17.0. The van der Waals surface area contributed by atoms with Gasteiger partial charge in [0.15, 0.2) is 0 Å². The molecular formula is C16H23NO4. The second-order valence-corrected chi connectivity index (χ2v) is 5.78. The number of anilines is 1. The largest absolute Gasteiger partial charge is 0.491 e. The highest BCUT2D eigenvalue weighted by Crippen LogP contribution is 2.23. The van der Waals surface area contributed by atoms with Crippen LogP contribution in [-0.2, 0) is 9.59 Å². The maximum atomic E-state index is 11.9. The number of aliphatic carboxylic acids is 1. The fourth-order valence-corrected chi connectivity index (χ4v) is 1.64. The molecule has 1 unspecified atom stereocenters. The number of carbonyl (C=O) groups is 2. The van der Waals surface area contributed by atoms with Crippen molar-refractivity contribution in [3.05, 3.63) is 24.3 Å². The molecule has 1 atom stereocenters. The Balaban J connectivity index is 2.68. The van der Waals surface area contributed by atoms with E-state index in [1.54, 1.807) is 18.2 Å². The van der Waals surface area contributed by atoms with Crippen LogP contribution in [0.2, 0.25) is 0 Å². The zero-order chi connectivity index (χ0) is 16.0. The van der Waals surface area contributed by atoms with Crippen molar-refractivity contribution in [1.29, 1.82) is 0 Å². The van der Waals surface area contributed by atoms with E-state index in [0.717, 1.165) is 6.42 Å². The van der Waals surface area contributed by atoms with E-state index in [2.05, 4.69) is 5.32 Å². The summed E-state index contributed by atoms with van der Waals surface area (Å²) in [6.07, 6.45) is 0.907. The monoisotopic (exact) mass is 293 g/mol. The van der Waals surface area contributed by atoms with Gasteiger partial charge in [-0.05, 0) is 39.3 Å². The number of amides is 1. The number of carboxylic acid groups (broad SMARTS) is 1. The molecule has 0 radical (unpaired) electrons. The number of carboxylic acids is 1. The predicted octanol–water partition coefficient (Wildman–Crippen LogP) is 3.30. The van der Waals surface area contributed by atoms with Gasteiger partial charge in [0.2, 0.25) is 5.91 Å². The van der Waals surface area contributed by atoms with E-state index in [4.69, 9.17) is 9.84 Å². The van der Waals surface area contributed by atoms with Crippen molar-refractivity contribution >= 4 is 17.6 Å². The van der Waals surface area contributed by atoms with Crippen molar-refractivity contribution in [3.63, 3.8) is 0 Å². The Bertz CT molecular complexity index is 511. The standard InChI is InChI=1S/C16H23NO4/c1-5-11(2)21-13-8-6-7-12(9-13)17-14(18)10-16(3,4)15(19)20/h6-9,11H,5,10H2,1-4H3,(H,17,18)(H,19,20). The zero-order valence-corrected chi connectivity index (χ0v) is 13.0. The molecule has 1 aromatic carbocycles. The van der Waals surface area contributed by atoms with Crippen molar-refractivity contribution in [2.75, 3.05) is 5.32 Å². The van der Waals surface area contributed by atoms with Crippen LogP contribution in [0.4, 0.5) is 5.69 Å². The summed E-state index contributed by atoms with van der Waals surface area (Å²) >= 11 is 0. The lowest BCUT2D eigenvalue weighted by molar-refractivity contribution is -0.148. The molecule has 5 heteroatoms. The molecule has 0 heterocycles. The molecule has 0 saturated heterocycles. The van der Waals surface area contributed by atoms with Crippen molar-refractivity contribution in [2.45, 2.75) is 46.6 Å². The quantitative estimate of drug-likeness (QED) is 0.808. The molecule has 5 nitrogen and oxygen atoms in total. The summed E-state index contributed by atoms with van der Waals surface area (Å²) in [5.74, 6) is -0.644. The Morgan fingerprint density at radius 3 is 2.62 bits per heavy atom. The molecule has 0 aliphatic heterocycles. The van der Waals surface area contributed by atoms with Crippen LogP contribution in [0.3, 0.4) is 0 Å². The number of rotatable bonds is 7. The van der Waals surface area contributed by atoms with Crippen LogP contribution >= 0.6 is 0 Å². The van der Waals surface area contributed by atoms with Gasteiger partial charge in [-0.25, -0.2) is 0 Å². The van der Waals surface area contributed by atoms with Crippen LogP contribution in [0.1, 0.15) is 40.5 Å². The van der Waals surface area contributed by atoms with Crippen LogP contribution in [-0.4, -0.2) is 23.1 Å². The number of benzene rings is 1. The molecule has 21 heavy (non-hydrogen) atoms. The van der Waals surface area contributed by atoms with Crippen LogP contribution < -0.4 is 10.1 Å². The van der Waals surface area contributed by atoms with E-state index in [1.807, 2.05) is 19.9 Å². The van der Waals surface area contributed by atoms with Gasteiger partial charge in [0.05, 0.1) is 11.5 Å². The first-order chi connectivity index (χ1) is 9.74. The second kappa shape index (κ2) is 7.11. The summed E-state index contributed by atoms with van der Waals surface area (Å²) < 4.78 is 5.68. The number of hydrogen-bond donors (Lipinski definition) is 2. The third-order valence-electron chi connectivity index (χ3n) is 3.21. The van der Waals surface area contributed by atoms with E-state index in [1.165, 1.54) is 13.8 Å². The third kappa shape index (κ3) is 5.45. The zero-order valence-electron chi connectivity index (χ0n) is 13.0. The summed E-state index contributed by atoms with van der Waals surface area (Å²) in [5, 5.41) is 11.7. The van der Waals surface area contributed by atoms with Crippen LogP contribution in [0, 0.1) is 5.41 Å². The molecule has 116 valence electrons. The number of nitrogens with one attached hydrogen (secondary N) is 1. The molecule has 1 amide bonds. The third-order valence-corrected chi connectivity index (χ3v) is 3.21. The van der Waals surface area contributed by atoms with Crippen molar-refractivity contribution in [1.82, 2.24) is 0 Å². The Morgan fingerprint density at radius 2 is 2.05 bits per heavy atom. The van der Waals surface area contributed by atoms with Gasteiger partial charge in [0.1, 0.15) is 5.75 Å². The number of carbonyl (C=O) groups excluding carboxylic acids is 1. The SMILES string of the molecule is CCC(C)Oc1cccc(NC(=O)CC(C)(C)C(=O)O)c1. The van der Waals surface area contributed by atoms with Gasteiger partial charge in [-0.3, -0.25) is 9.59 Å². The van der Waals surface area contributed by atoms with E-state index >= 15 is 0 Å². The van der Waals surface area contributed by atoms with Crippen molar-refractivity contribution in [2.24, 2.45) is 5.41 Å². The second-order valence-electron chi connectivity index (χ2n) is 5.78. The van der Waals surface area contributed by atoms with E-state index < -0.39 is 11.4 Å². The fraction of sp³-hybridized carbons (Fsp3) is 0.500. The van der Waals surface area contributed by atoms with Gasteiger partial charge in [-0.1, -0.05) is 13.0 Å². The number of ether oxygens (including phenoxy) is 1. The molecule has 0 bridgehead atoms. The summed E-state index contributed by atoms with van der Waals surface area (Å²) in [5.41, 5.74) is -0.489. The maximum Gasteiger partial charge on any atom is 0.309 e. The minimum absolute atomic E-state index is 0.0845. The Hall–Kier alpha value is -2.04. The van der Waals surface area contributed by atoms with E-state index in [-0.39, 0.29) is 18.4 Å². The van der Waals surface area contributed by atoms with Gasteiger partial charge in [-0.2, -0.15) is 0 Å². The van der Waals surface area contributed by atoms with E-state index in [0.29, 0.717) is 11.4 Å². The van der Waals surface area contributed by atoms with Gasteiger partial charge in [0.25, 0.3) is 0 Å².